The van der Waals surface area contributed by atoms with Gasteiger partial charge in [0.25, 0.3) is 0 Å². The average molecular weight is 269 g/mol. The molecule has 1 aromatic rings. The zero-order valence-corrected chi connectivity index (χ0v) is 11.0. The van der Waals surface area contributed by atoms with Crippen molar-refractivity contribution in [1.82, 2.24) is 5.32 Å². The third-order valence-corrected chi connectivity index (χ3v) is 3.50. The molecule has 1 aliphatic rings. The largest absolute Gasteiger partial charge is 0.506 e. The highest BCUT2D eigenvalue weighted by Crippen LogP contribution is 2.34. The highest BCUT2D eigenvalue weighted by atomic mass is 35.5. The molecule has 2 rings (SSSR count). The van der Waals surface area contributed by atoms with E-state index in [1.54, 1.807) is 6.07 Å². The molecule has 0 bridgehead atoms. The normalized spacial score (nSPS) is 18.9. The van der Waals surface area contributed by atoms with E-state index in [9.17, 15) is 9.90 Å². The first kappa shape index (κ1) is 13.2. The van der Waals surface area contributed by atoms with E-state index in [0.717, 1.165) is 24.9 Å². The maximum atomic E-state index is 11.2. The number of carbonyl (C=O) groups excluding carboxylic acids is 1. The lowest BCUT2D eigenvalue weighted by Gasteiger charge is -2.17. The van der Waals surface area contributed by atoms with Gasteiger partial charge in [0.15, 0.2) is 0 Å². The van der Waals surface area contributed by atoms with Gasteiger partial charge in [0, 0.05) is 18.0 Å². The van der Waals surface area contributed by atoms with Crippen molar-refractivity contribution in [3.8, 4) is 5.75 Å². The van der Waals surface area contributed by atoms with Gasteiger partial charge in [-0.1, -0.05) is 11.6 Å². The molecule has 1 fully saturated rings. The summed E-state index contributed by atoms with van der Waals surface area (Å²) >= 11 is 6.17. The second kappa shape index (κ2) is 5.59. The minimum absolute atomic E-state index is 0.0580. The molecule has 0 aromatic heterocycles. The van der Waals surface area contributed by atoms with E-state index in [-0.39, 0.29) is 11.7 Å². The van der Waals surface area contributed by atoms with Gasteiger partial charge in [-0.15, -0.1) is 0 Å². The quantitative estimate of drug-likeness (QED) is 0.737. The number of halogens is 1. The summed E-state index contributed by atoms with van der Waals surface area (Å²) in [6, 6.07) is 3.52. The van der Waals surface area contributed by atoms with E-state index in [1.165, 1.54) is 13.0 Å². The average Bonchev–Trinajstić information content (AvgIpc) is 2.80. The summed E-state index contributed by atoms with van der Waals surface area (Å²) < 4.78 is 0. The molecule has 1 aliphatic heterocycles. The van der Waals surface area contributed by atoms with Crippen LogP contribution in [0.3, 0.4) is 0 Å². The Morgan fingerprint density at radius 2 is 2.39 bits per heavy atom. The summed E-state index contributed by atoms with van der Waals surface area (Å²) in [6.45, 7) is 2.43. The SMILES string of the molecule is CC(=O)Nc1c(O)ccc(Cl)c1CC1CCCN1. The van der Waals surface area contributed by atoms with E-state index in [2.05, 4.69) is 10.6 Å². The number of amides is 1. The van der Waals surface area contributed by atoms with Gasteiger partial charge in [0.05, 0.1) is 5.69 Å². The van der Waals surface area contributed by atoms with Gasteiger partial charge in [0.2, 0.25) is 5.91 Å². The van der Waals surface area contributed by atoms with Crippen molar-refractivity contribution in [3.63, 3.8) is 0 Å². The zero-order chi connectivity index (χ0) is 13.1. The van der Waals surface area contributed by atoms with Crippen LogP contribution in [0, 0.1) is 0 Å². The van der Waals surface area contributed by atoms with Gasteiger partial charge in [-0.2, -0.15) is 0 Å². The fourth-order valence-electron chi connectivity index (χ4n) is 2.30. The van der Waals surface area contributed by atoms with Crippen LogP contribution in [0.1, 0.15) is 25.3 Å². The smallest absolute Gasteiger partial charge is 0.221 e. The molecule has 4 nitrogen and oxygen atoms in total. The first-order valence-corrected chi connectivity index (χ1v) is 6.47. The predicted molar refractivity (Wildman–Crippen MR) is 72.1 cm³/mol. The van der Waals surface area contributed by atoms with Crippen molar-refractivity contribution in [1.29, 1.82) is 0 Å². The summed E-state index contributed by atoms with van der Waals surface area (Å²) in [6.07, 6.45) is 2.95. The summed E-state index contributed by atoms with van der Waals surface area (Å²) in [5.41, 5.74) is 1.23. The number of anilines is 1. The lowest BCUT2D eigenvalue weighted by atomic mass is 10.0. The van der Waals surface area contributed by atoms with E-state index < -0.39 is 0 Å². The molecule has 0 radical (unpaired) electrons. The van der Waals surface area contributed by atoms with Crippen LogP contribution in [-0.2, 0) is 11.2 Å². The molecule has 5 heteroatoms. The fourth-order valence-corrected chi connectivity index (χ4v) is 2.54. The molecular weight excluding hydrogens is 252 g/mol. The van der Waals surface area contributed by atoms with Crippen LogP contribution in [-0.4, -0.2) is 23.6 Å². The lowest BCUT2D eigenvalue weighted by Crippen LogP contribution is -2.24. The van der Waals surface area contributed by atoms with Gasteiger partial charge < -0.3 is 15.7 Å². The van der Waals surface area contributed by atoms with Crippen molar-refractivity contribution in [2.45, 2.75) is 32.2 Å². The number of nitrogens with one attached hydrogen (secondary N) is 2. The maximum absolute atomic E-state index is 11.2. The van der Waals surface area contributed by atoms with Crippen LogP contribution in [0.2, 0.25) is 5.02 Å². The second-order valence-electron chi connectivity index (χ2n) is 4.60. The Balaban J connectivity index is 2.29. The highest BCUT2D eigenvalue weighted by molar-refractivity contribution is 6.32. The van der Waals surface area contributed by atoms with Gasteiger partial charge >= 0.3 is 0 Å². The molecule has 1 unspecified atom stereocenters. The van der Waals surface area contributed by atoms with Crippen molar-refractivity contribution in [2.24, 2.45) is 0 Å². The fraction of sp³-hybridized carbons (Fsp3) is 0.462. The molecule has 1 heterocycles. The lowest BCUT2D eigenvalue weighted by molar-refractivity contribution is -0.114. The summed E-state index contributed by atoms with van der Waals surface area (Å²) in [7, 11) is 0. The monoisotopic (exact) mass is 268 g/mol. The number of phenols is 1. The summed E-state index contributed by atoms with van der Waals surface area (Å²) in [4.78, 5) is 11.2. The number of hydrogen-bond acceptors (Lipinski definition) is 3. The topological polar surface area (TPSA) is 61.4 Å². The van der Waals surface area contributed by atoms with Gasteiger partial charge in [-0.25, -0.2) is 0 Å². The number of carbonyl (C=O) groups is 1. The summed E-state index contributed by atoms with van der Waals surface area (Å²) in [5.74, 6) is -0.157. The van der Waals surface area contributed by atoms with Crippen molar-refractivity contribution in [3.05, 3.63) is 22.7 Å². The molecule has 0 aliphatic carbocycles. The maximum Gasteiger partial charge on any atom is 0.221 e. The van der Waals surface area contributed by atoms with Crippen LogP contribution >= 0.6 is 11.6 Å². The third-order valence-electron chi connectivity index (χ3n) is 3.15. The highest BCUT2D eigenvalue weighted by Gasteiger charge is 2.20. The number of phenolic OH excluding ortho intramolecular Hbond substituents is 1. The third kappa shape index (κ3) is 2.94. The number of benzene rings is 1. The number of hydrogen-bond donors (Lipinski definition) is 3. The van der Waals surface area contributed by atoms with E-state index >= 15 is 0 Å². The van der Waals surface area contributed by atoms with Crippen molar-refractivity contribution >= 4 is 23.2 Å². The molecule has 0 spiro atoms. The van der Waals surface area contributed by atoms with Gasteiger partial charge in [-0.05, 0) is 43.5 Å². The molecule has 3 N–H and O–H groups in total. The molecule has 0 saturated carbocycles. The molecule has 98 valence electrons. The van der Waals surface area contributed by atoms with E-state index in [1.807, 2.05) is 0 Å². The Morgan fingerprint density at radius 3 is 3.00 bits per heavy atom. The van der Waals surface area contributed by atoms with Crippen LogP contribution < -0.4 is 10.6 Å². The molecule has 1 saturated heterocycles. The Morgan fingerprint density at radius 1 is 1.61 bits per heavy atom. The number of aromatic hydroxyl groups is 1. The number of rotatable bonds is 3. The molecule has 18 heavy (non-hydrogen) atoms. The summed E-state index contributed by atoms with van der Waals surface area (Å²) in [5, 5.41) is 16.5. The standard InChI is InChI=1S/C13H17ClN2O2/c1-8(17)16-13-10(7-9-3-2-6-15-9)11(14)4-5-12(13)18/h4-5,9,15,18H,2-3,6-7H2,1H3,(H,16,17). The first-order chi connectivity index (χ1) is 8.58. The molecular formula is C13H17ClN2O2. The molecule has 1 amide bonds. The minimum Gasteiger partial charge on any atom is -0.506 e. The molecule has 1 aromatic carbocycles. The van der Waals surface area contributed by atoms with Gasteiger partial charge in [-0.3, -0.25) is 4.79 Å². The van der Waals surface area contributed by atoms with Gasteiger partial charge in [0.1, 0.15) is 5.75 Å². The first-order valence-electron chi connectivity index (χ1n) is 6.09. The second-order valence-corrected chi connectivity index (χ2v) is 5.01. The van der Waals surface area contributed by atoms with Crippen LogP contribution in [0.15, 0.2) is 12.1 Å². The Labute approximate surface area is 111 Å². The Bertz CT molecular complexity index is 457. The van der Waals surface area contributed by atoms with Crippen molar-refractivity contribution < 1.29 is 9.90 Å². The zero-order valence-electron chi connectivity index (χ0n) is 10.3. The van der Waals surface area contributed by atoms with Crippen LogP contribution in [0.5, 0.6) is 5.75 Å². The van der Waals surface area contributed by atoms with E-state index in [0.29, 0.717) is 23.2 Å². The Hall–Kier alpha value is -1.26. The predicted octanol–water partition coefficient (Wildman–Crippen LogP) is 2.30. The molecule has 1 atom stereocenters. The Kier molecular flexibility index (Phi) is 4.09. The van der Waals surface area contributed by atoms with Crippen molar-refractivity contribution in [2.75, 3.05) is 11.9 Å². The minimum atomic E-state index is -0.215. The van der Waals surface area contributed by atoms with E-state index in [4.69, 9.17) is 11.6 Å². The van der Waals surface area contributed by atoms with Crippen LogP contribution in [0.4, 0.5) is 5.69 Å². The van der Waals surface area contributed by atoms with Crippen LogP contribution in [0.25, 0.3) is 0 Å².